The van der Waals surface area contributed by atoms with Crippen molar-refractivity contribution in [2.75, 3.05) is 0 Å². The molecule has 56 valence electrons. The molecular weight excluding hydrogens is 128 g/mol. The fourth-order valence-corrected chi connectivity index (χ4v) is 1.03. The zero-order valence-electron chi connectivity index (χ0n) is 6.20. The molecule has 0 radical (unpaired) electrons. The molecule has 1 aliphatic rings. The highest BCUT2D eigenvalue weighted by Crippen LogP contribution is 2.19. The van der Waals surface area contributed by atoms with E-state index in [0.29, 0.717) is 0 Å². The van der Waals surface area contributed by atoms with Gasteiger partial charge in [-0.2, -0.15) is 0 Å². The summed E-state index contributed by atoms with van der Waals surface area (Å²) in [6, 6.07) is 0. The van der Waals surface area contributed by atoms with Crippen LogP contribution >= 0.6 is 0 Å². The second-order valence-electron chi connectivity index (χ2n) is 2.92. The van der Waals surface area contributed by atoms with E-state index >= 15 is 0 Å². The smallest absolute Gasteiger partial charge is 0.0985 e. The van der Waals surface area contributed by atoms with Crippen molar-refractivity contribution in [2.45, 2.75) is 25.6 Å². The SMILES string of the molecule is CC1=CC(C)(O)C=CC1O. The summed E-state index contributed by atoms with van der Waals surface area (Å²) in [6.45, 7) is 3.47. The summed E-state index contributed by atoms with van der Waals surface area (Å²) in [4.78, 5) is 0. The summed E-state index contributed by atoms with van der Waals surface area (Å²) in [5.74, 6) is 0. The fourth-order valence-electron chi connectivity index (χ4n) is 1.03. The van der Waals surface area contributed by atoms with E-state index in [1.54, 1.807) is 32.1 Å². The molecule has 2 nitrogen and oxygen atoms in total. The monoisotopic (exact) mass is 140 g/mol. The molecule has 0 aromatic rings. The largest absolute Gasteiger partial charge is 0.385 e. The van der Waals surface area contributed by atoms with Gasteiger partial charge in [0.05, 0.1) is 11.7 Å². The molecule has 2 atom stereocenters. The molecule has 2 heteroatoms. The summed E-state index contributed by atoms with van der Waals surface area (Å²) in [7, 11) is 0. The van der Waals surface area contributed by atoms with E-state index in [1.165, 1.54) is 0 Å². The standard InChI is InChI=1S/C8H12O2/c1-6-5-8(2,10)4-3-7(6)9/h3-5,7,9-10H,1-2H3. The van der Waals surface area contributed by atoms with E-state index in [9.17, 15) is 5.11 Å². The van der Waals surface area contributed by atoms with Crippen LogP contribution < -0.4 is 0 Å². The van der Waals surface area contributed by atoms with E-state index in [2.05, 4.69) is 0 Å². The van der Waals surface area contributed by atoms with Crippen LogP contribution in [0.5, 0.6) is 0 Å². The molecule has 0 aromatic heterocycles. The maximum atomic E-state index is 9.39. The van der Waals surface area contributed by atoms with Crippen LogP contribution in [0.3, 0.4) is 0 Å². The Morgan fingerprint density at radius 3 is 2.60 bits per heavy atom. The minimum Gasteiger partial charge on any atom is -0.385 e. The van der Waals surface area contributed by atoms with Crippen molar-refractivity contribution in [3.05, 3.63) is 23.8 Å². The van der Waals surface area contributed by atoms with Crippen molar-refractivity contribution in [1.29, 1.82) is 0 Å². The van der Waals surface area contributed by atoms with Gasteiger partial charge in [0.25, 0.3) is 0 Å². The van der Waals surface area contributed by atoms with Gasteiger partial charge < -0.3 is 10.2 Å². The predicted molar refractivity (Wildman–Crippen MR) is 39.5 cm³/mol. The molecule has 0 aromatic carbocycles. The molecule has 2 N–H and O–H groups in total. The van der Waals surface area contributed by atoms with E-state index in [0.717, 1.165) is 5.57 Å². The maximum absolute atomic E-state index is 9.39. The van der Waals surface area contributed by atoms with Crippen LogP contribution in [-0.2, 0) is 0 Å². The third-order valence-corrected chi connectivity index (χ3v) is 1.60. The molecule has 0 bridgehead atoms. The molecule has 0 saturated heterocycles. The quantitative estimate of drug-likeness (QED) is 0.484. The van der Waals surface area contributed by atoms with Crippen molar-refractivity contribution in [2.24, 2.45) is 0 Å². The van der Waals surface area contributed by atoms with Gasteiger partial charge in [0.15, 0.2) is 0 Å². The van der Waals surface area contributed by atoms with E-state index in [1.807, 2.05) is 0 Å². The second kappa shape index (κ2) is 2.22. The minimum absolute atomic E-state index is 0.514. The van der Waals surface area contributed by atoms with Gasteiger partial charge in [0.1, 0.15) is 0 Å². The molecule has 0 fully saturated rings. The first-order valence-corrected chi connectivity index (χ1v) is 3.30. The van der Waals surface area contributed by atoms with E-state index in [4.69, 9.17) is 5.11 Å². The average Bonchev–Trinajstić information content (AvgIpc) is 1.79. The second-order valence-corrected chi connectivity index (χ2v) is 2.92. The normalized spacial score (nSPS) is 39.6. The zero-order chi connectivity index (χ0) is 7.78. The summed E-state index contributed by atoms with van der Waals surface area (Å²) in [5, 5.41) is 18.5. The van der Waals surface area contributed by atoms with Gasteiger partial charge in [-0.15, -0.1) is 0 Å². The lowest BCUT2D eigenvalue weighted by Gasteiger charge is -2.22. The molecular formula is C8H12O2. The van der Waals surface area contributed by atoms with Gasteiger partial charge in [0, 0.05) is 0 Å². The van der Waals surface area contributed by atoms with Gasteiger partial charge in [-0.25, -0.2) is 0 Å². The first kappa shape index (κ1) is 7.51. The van der Waals surface area contributed by atoms with Gasteiger partial charge in [0.2, 0.25) is 0 Å². The highest BCUT2D eigenvalue weighted by atomic mass is 16.3. The Morgan fingerprint density at radius 1 is 1.60 bits per heavy atom. The maximum Gasteiger partial charge on any atom is 0.0985 e. The molecule has 0 amide bonds. The Hall–Kier alpha value is -0.600. The van der Waals surface area contributed by atoms with E-state index < -0.39 is 11.7 Å². The molecule has 0 saturated carbocycles. The molecule has 0 heterocycles. The van der Waals surface area contributed by atoms with Crippen molar-refractivity contribution in [1.82, 2.24) is 0 Å². The predicted octanol–water partition coefficient (Wildman–Crippen LogP) is 0.614. The minimum atomic E-state index is -0.872. The number of aliphatic hydroxyl groups is 2. The Labute approximate surface area is 60.5 Å². The fraction of sp³-hybridized carbons (Fsp3) is 0.500. The van der Waals surface area contributed by atoms with Crippen molar-refractivity contribution < 1.29 is 10.2 Å². The van der Waals surface area contributed by atoms with Gasteiger partial charge in [-0.05, 0) is 25.5 Å². The highest BCUT2D eigenvalue weighted by Gasteiger charge is 2.19. The Balaban J connectivity index is 2.85. The third kappa shape index (κ3) is 1.46. The lowest BCUT2D eigenvalue weighted by Crippen LogP contribution is -2.24. The molecule has 1 aliphatic carbocycles. The van der Waals surface area contributed by atoms with E-state index in [-0.39, 0.29) is 0 Å². The van der Waals surface area contributed by atoms with Crippen molar-refractivity contribution >= 4 is 0 Å². The molecule has 1 rings (SSSR count). The van der Waals surface area contributed by atoms with Crippen LogP contribution in [0.25, 0.3) is 0 Å². The van der Waals surface area contributed by atoms with Crippen LogP contribution in [0.15, 0.2) is 23.8 Å². The Kier molecular flexibility index (Phi) is 1.67. The molecule has 2 unspecified atom stereocenters. The first-order chi connectivity index (χ1) is 4.51. The number of hydrogen-bond acceptors (Lipinski definition) is 2. The number of aliphatic hydroxyl groups excluding tert-OH is 1. The van der Waals surface area contributed by atoms with Crippen LogP contribution in [0.1, 0.15) is 13.8 Å². The number of hydrogen-bond donors (Lipinski definition) is 2. The lowest BCUT2D eigenvalue weighted by atomic mass is 9.94. The van der Waals surface area contributed by atoms with Gasteiger partial charge in [-0.3, -0.25) is 0 Å². The van der Waals surface area contributed by atoms with Gasteiger partial charge in [-0.1, -0.05) is 12.2 Å². The summed E-state index contributed by atoms with van der Waals surface area (Å²) in [6.07, 6.45) is 4.32. The van der Waals surface area contributed by atoms with Gasteiger partial charge >= 0.3 is 0 Å². The molecule has 0 aliphatic heterocycles. The first-order valence-electron chi connectivity index (χ1n) is 3.30. The third-order valence-electron chi connectivity index (χ3n) is 1.60. The van der Waals surface area contributed by atoms with Crippen LogP contribution in [0.4, 0.5) is 0 Å². The zero-order valence-corrected chi connectivity index (χ0v) is 6.20. The summed E-state index contributed by atoms with van der Waals surface area (Å²) >= 11 is 0. The average molecular weight is 140 g/mol. The topological polar surface area (TPSA) is 40.5 Å². The molecule has 0 spiro atoms. The Bertz CT molecular complexity index is 189. The summed E-state index contributed by atoms with van der Waals surface area (Å²) < 4.78 is 0. The molecule has 10 heavy (non-hydrogen) atoms. The Morgan fingerprint density at radius 2 is 2.20 bits per heavy atom. The van der Waals surface area contributed by atoms with Crippen LogP contribution in [0, 0.1) is 0 Å². The van der Waals surface area contributed by atoms with Crippen molar-refractivity contribution in [3.63, 3.8) is 0 Å². The van der Waals surface area contributed by atoms with Crippen LogP contribution in [0.2, 0.25) is 0 Å². The number of rotatable bonds is 0. The highest BCUT2D eigenvalue weighted by molar-refractivity contribution is 5.27. The van der Waals surface area contributed by atoms with Crippen molar-refractivity contribution in [3.8, 4) is 0 Å². The van der Waals surface area contributed by atoms with Crippen LogP contribution in [-0.4, -0.2) is 21.9 Å². The summed E-state index contributed by atoms with van der Waals surface area (Å²) in [5.41, 5.74) is -0.0731. The lowest BCUT2D eigenvalue weighted by molar-refractivity contribution is 0.151.